The average molecular weight is 425 g/mol. The Kier molecular flexibility index (Phi) is 6.34. The number of benzene rings is 1. The summed E-state index contributed by atoms with van der Waals surface area (Å²) in [6.07, 6.45) is 6.21. The van der Waals surface area contributed by atoms with E-state index in [0.717, 1.165) is 32.1 Å². The molecule has 1 N–H and O–H groups in total. The molecule has 0 spiro atoms. The monoisotopic (exact) mass is 424 g/mol. The summed E-state index contributed by atoms with van der Waals surface area (Å²) in [6.45, 7) is 2.29. The van der Waals surface area contributed by atoms with Crippen molar-refractivity contribution in [1.82, 2.24) is 20.2 Å². The molecule has 1 saturated carbocycles. The second kappa shape index (κ2) is 9.32. The van der Waals surface area contributed by atoms with E-state index in [-0.39, 0.29) is 30.5 Å². The van der Waals surface area contributed by atoms with E-state index < -0.39 is 0 Å². The van der Waals surface area contributed by atoms with Crippen LogP contribution in [0.5, 0.6) is 11.5 Å². The van der Waals surface area contributed by atoms with E-state index in [1.807, 2.05) is 12.1 Å². The van der Waals surface area contributed by atoms with Crippen LogP contribution in [0.15, 0.2) is 30.5 Å². The van der Waals surface area contributed by atoms with E-state index in [2.05, 4.69) is 15.3 Å². The van der Waals surface area contributed by atoms with Gasteiger partial charge in [-0.3, -0.25) is 9.59 Å². The minimum absolute atomic E-state index is 0.107. The van der Waals surface area contributed by atoms with Crippen molar-refractivity contribution >= 4 is 11.8 Å². The molecule has 1 aliphatic heterocycles. The van der Waals surface area contributed by atoms with E-state index in [1.54, 1.807) is 37.3 Å². The van der Waals surface area contributed by atoms with E-state index in [1.165, 1.54) is 0 Å². The number of likely N-dealkylation sites (tertiary alicyclic amines) is 1. The van der Waals surface area contributed by atoms with E-state index in [4.69, 9.17) is 9.47 Å². The van der Waals surface area contributed by atoms with Gasteiger partial charge in [-0.1, -0.05) is 12.1 Å². The van der Waals surface area contributed by atoms with Gasteiger partial charge in [-0.05, 0) is 51.2 Å². The van der Waals surface area contributed by atoms with Crippen molar-refractivity contribution in [1.29, 1.82) is 0 Å². The number of aryl methyl sites for hydroxylation is 1. The molecule has 1 aliphatic carbocycles. The molecule has 164 valence electrons. The molecule has 2 fully saturated rings. The Hall–Kier alpha value is -3.16. The first kappa shape index (κ1) is 21.1. The Morgan fingerprint density at radius 1 is 1.16 bits per heavy atom. The fraction of sp³-hybridized carbons (Fsp3) is 0.478. The second-order valence-corrected chi connectivity index (χ2v) is 8.00. The normalized spacial score (nSPS) is 18.4. The van der Waals surface area contributed by atoms with Gasteiger partial charge >= 0.3 is 0 Å². The molecule has 31 heavy (non-hydrogen) atoms. The van der Waals surface area contributed by atoms with Crippen LogP contribution in [-0.2, 0) is 4.79 Å². The van der Waals surface area contributed by atoms with Crippen LogP contribution in [0.1, 0.15) is 60.0 Å². The van der Waals surface area contributed by atoms with Crippen LogP contribution in [-0.4, -0.2) is 53.0 Å². The van der Waals surface area contributed by atoms with Crippen molar-refractivity contribution in [2.24, 2.45) is 0 Å². The van der Waals surface area contributed by atoms with E-state index in [0.29, 0.717) is 35.1 Å². The van der Waals surface area contributed by atoms with Crippen molar-refractivity contribution in [3.8, 4) is 11.5 Å². The minimum atomic E-state index is -0.274. The number of methoxy groups -OCH3 is 1. The maximum Gasteiger partial charge on any atom is 0.261 e. The smallest absolute Gasteiger partial charge is 0.261 e. The first-order valence-electron chi connectivity index (χ1n) is 10.8. The molecule has 1 atom stereocenters. The third kappa shape index (κ3) is 4.95. The van der Waals surface area contributed by atoms with Crippen LogP contribution >= 0.6 is 0 Å². The summed E-state index contributed by atoms with van der Waals surface area (Å²) in [7, 11) is 1.57. The quantitative estimate of drug-likeness (QED) is 0.735. The minimum Gasteiger partial charge on any atom is -0.493 e. The number of rotatable bonds is 7. The third-order valence-electron chi connectivity index (χ3n) is 5.65. The van der Waals surface area contributed by atoms with Crippen LogP contribution in [0.4, 0.5) is 0 Å². The Morgan fingerprint density at radius 2 is 1.94 bits per heavy atom. The number of aromatic nitrogens is 2. The molecule has 1 saturated heterocycles. The second-order valence-electron chi connectivity index (χ2n) is 8.00. The van der Waals surface area contributed by atoms with Gasteiger partial charge in [0.2, 0.25) is 0 Å². The van der Waals surface area contributed by atoms with Crippen molar-refractivity contribution in [3.05, 3.63) is 47.5 Å². The van der Waals surface area contributed by atoms with E-state index >= 15 is 0 Å². The Bertz CT molecular complexity index is 960. The fourth-order valence-corrected chi connectivity index (χ4v) is 3.88. The standard InChI is InChI=1S/C23H28N4O4/c1-15-24-13-17(23(29)26-16-10-11-16)22(25-15)18-7-5-6-12-27(18)21(28)14-31-20-9-4-3-8-19(20)30-2/h3-4,8-9,13,16,18H,5-7,10-12,14H2,1-2H3,(H,26,29). The summed E-state index contributed by atoms with van der Waals surface area (Å²) >= 11 is 0. The highest BCUT2D eigenvalue weighted by atomic mass is 16.5. The predicted octanol–water partition coefficient (Wildman–Crippen LogP) is 2.82. The lowest BCUT2D eigenvalue weighted by molar-refractivity contribution is -0.137. The van der Waals surface area contributed by atoms with Gasteiger partial charge in [0.15, 0.2) is 18.1 Å². The molecule has 1 aromatic heterocycles. The summed E-state index contributed by atoms with van der Waals surface area (Å²) in [5, 5.41) is 3.01. The van der Waals surface area contributed by atoms with Crippen molar-refractivity contribution in [2.45, 2.75) is 51.1 Å². The number of hydrogen-bond donors (Lipinski definition) is 1. The van der Waals surface area contributed by atoms with Gasteiger partial charge in [0.1, 0.15) is 5.82 Å². The molecule has 2 aromatic rings. The Morgan fingerprint density at radius 3 is 2.68 bits per heavy atom. The molecular formula is C23H28N4O4. The molecule has 4 rings (SSSR count). The van der Waals surface area contributed by atoms with Gasteiger partial charge in [0.25, 0.3) is 11.8 Å². The molecule has 2 heterocycles. The summed E-state index contributed by atoms with van der Waals surface area (Å²) in [6, 6.07) is 7.20. The molecule has 1 unspecified atom stereocenters. The first-order valence-corrected chi connectivity index (χ1v) is 10.8. The van der Waals surface area contributed by atoms with Crippen molar-refractivity contribution in [2.75, 3.05) is 20.3 Å². The number of amides is 2. The number of hydrogen-bond acceptors (Lipinski definition) is 6. The largest absolute Gasteiger partial charge is 0.493 e. The summed E-state index contributed by atoms with van der Waals surface area (Å²) in [5.74, 6) is 1.38. The predicted molar refractivity (Wildman–Crippen MR) is 114 cm³/mol. The molecule has 2 amide bonds. The van der Waals surface area contributed by atoms with Crippen molar-refractivity contribution < 1.29 is 19.1 Å². The molecule has 8 nitrogen and oxygen atoms in total. The zero-order valence-electron chi connectivity index (χ0n) is 18.0. The number of carbonyl (C=O) groups is 2. The molecule has 8 heteroatoms. The van der Waals surface area contributed by atoms with Gasteiger partial charge in [0.05, 0.1) is 24.4 Å². The zero-order valence-corrected chi connectivity index (χ0v) is 18.0. The zero-order chi connectivity index (χ0) is 21.8. The van der Waals surface area contributed by atoms with Gasteiger partial charge < -0.3 is 19.7 Å². The number of nitrogens with zero attached hydrogens (tertiary/aromatic N) is 3. The summed E-state index contributed by atoms with van der Waals surface area (Å²) in [5.41, 5.74) is 1.07. The van der Waals surface area contributed by atoms with Crippen LogP contribution in [0.2, 0.25) is 0 Å². The number of piperidine rings is 1. The molecule has 2 aliphatic rings. The lowest BCUT2D eigenvalue weighted by Crippen LogP contribution is -2.42. The van der Waals surface area contributed by atoms with Gasteiger partial charge in [-0.15, -0.1) is 0 Å². The van der Waals surface area contributed by atoms with Gasteiger partial charge in [-0.25, -0.2) is 9.97 Å². The van der Waals surface area contributed by atoms with Crippen LogP contribution in [0.3, 0.4) is 0 Å². The van der Waals surface area contributed by atoms with Gasteiger partial charge in [0, 0.05) is 18.8 Å². The summed E-state index contributed by atoms with van der Waals surface area (Å²) < 4.78 is 11.1. The topological polar surface area (TPSA) is 93.7 Å². The van der Waals surface area contributed by atoms with Crippen LogP contribution in [0, 0.1) is 6.92 Å². The highest BCUT2D eigenvalue weighted by Crippen LogP contribution is 2.33. The Balaban J connectivity index is 1.54. The number of carbonyl (C=O) groups excluding carboxylic acids is 2. The number of para-hydroxylation sites is 2. The molecule has 1 aromatic carbocycles. The molecule has 0 bridgehead atoms. The van der Waals surface area contributed by atoms with Crippen LogP contribution < -0.4 is 14.8 Å². The lowest BCUT2D eigenvalue weighted by Gasteiger charge is -2.36. The van der Waals surface area contributed by atoms with Crippen molar-refractivity contribution in [3.63, 3.8) is 0 Å². The highest BCUT2D eigenvalue weighted by molar-refractivity contribution is 5.95. The van der Waals surface area contributed by atoms with Gasteiger partial charge in [-0.2, -0.15) is 0 Å². The molecular weight excluding hydrogens is 396 g/mol. The summed E-state index contributed by atoms with van der Waals surface area (Å²) in [4.78, 5) is 36.5. The highest BCUT2D eigenvalue weighted by Gasteiger charge is 2.33. The third-order valence-corrected chi connectivity index (χ3v) is 5.65. The SMILES string of the molecule is COc1ccccc1OCC(=O)N1CCCCC1c1nc(C)ncc1C(=O)NC1CC1. The number of ether oxygens (including phenoxy) is 2. The average Bonchev–Trinajstić information content (AvgIpc) is 3.61. The van der Waals surface area contributed by atoms with E-state index in [9.17, 15) is 9.59 Å². The Labute approximate surface area is 182 Å². The van der Waals surface area contributed by atoms with Crippen LogP contribution in [0.25, 0.3) is 0 Å². The lowest BCUT2D eigenvalue weighted by atomic mass is 9.96. The maximum absolute atomic E-state index is 13.1. The maximum atomic E-state index is 13.1. The first-order chi connectivity index (χ1) is 15.1. The molecule has 0 radical (unpaired) electrons. The number of nitrogens with one attached hydrogen (secondary N) is 1. The fourth-order valence-electron chi connectivity index (χ4n) is 3.88.